The van der Waals surface area contributed by atoms with Crippen LogP contribution < -0.4 is 5.32 Å². The molecule has 0 fully saturated rings. The summed E-state index contributed by atoms with van der Waals surface area (Å²) in [5.41, 5.74) is 5.26. The highest BCUT2D eigenvalue weighted by Gasteiger charge is 2.16. The van der Waals surface area contributed by atoms with Gasteiger partial charge in [0.15, 0.2) is 5.78 Å². The lowest BCUT2D eigenvalue weighted by Gasteiger charge is -2.06. The van der Waals surface area contributed by atoms with E-state index in [1.165, 1.54) is 5.56 Å². The van der Waals surface area contributed by atoms with Crippen molar-refractivity contribution in [2.45, 2.75) is 39.7 Å². The predicted molar refractivity (Wildman–Crippen MR) is 83.9 cm³/mol. The average Bonchev–Trinajstić information content (AvgIpc) is 3.12. The van der Waals surface area contributed by atoms with Gasteiger partial charge < -0.3 is 5.32 Å². The second-order valence-corrected chi connectivity index (χ2v) is 5.44. The number of aryl methyl sites for hydroxylation is 2. The highest BCUT2D eigenvalue weighted by Crippen LogP contribution is 2.24. The Morgan fingerprint density at radius 2 is 2.19 bits per heavy atom. The van der Waals surface area contributed by atoms with E-state index in [0.717, 1.165) is 48.6 Å². The van der Waals surface area contributed by atoms with Crippen LogP contribution in [0.4, 0.5) is 5.69 Å². The predicted octanol–water partition coefficient (Wildman–Crippen LogP) is 2.86. The van der Waals surface area contributed by atoms with Crippen LogP contribution in [0.25, 0.3) is 0 Å². The van der Waals surface area contributed by atoms with Crippen LogP contribution in [0, 0.1) is 0 Å². The molecule has 1 aromatic carbocycles. The van der Waals surface area contributed by atoms with E-state index in [4.69, 9.17) is 0 Å². The minimum absolute atomic E-state index is 0.156. The van der Waals surface area contributed by atoms with Gasteiger partial charge in [-0.05, 0) is 37.5 Å². The summed E-state index contributed by atoms with van der Waals surface area (Å²) in [7, 11) is 0. The van der Waals surface area contributed by atoms with Crippen LogP contribution in [0.3, 0.4) is 0 Å². The van der Waals surface area contributed by atoms with Gasteiger partial charge in [0.1, 0.15) is 0 Å². The number of carbonyl (C=O) groups excluding carboxylic acids is 1. The molecule has 0 bridgehead atoms. The van der Waals surface area contributed by atoms with E-state index in [-0.39, 0.29) is 5.78 Å². The topological polar surface area (TPSA) is 46.9 Å². The fourth-order valence-corrected chi connectivity index (χ4v) is 2.83. The number of carbonyl (C=O) groups is 1. The van der Waals surface area contributed by atoms with Gasteiger partial charge in [-0.2, -0.15) is 5.10 Å². The second kappa shape index (κ2) is 5.72. The summed E-state index contributed by atoms with van der Waals surface area (Å²) in [5, 5.41) is 7.83. The molecule has 2 aromatic rings. The lowest BCUT2D eigenvalue weighted by molar-refractivity contribution is 0.0990. The zero-order valence-electron chi connectivity index (χ0n) is 12.6. The number of benzene rings is 1. The first-order valence-electron chi connectivity index (χ1n) is 7.66. The first-order valence-corrected chi connectivity index (χ1v) is 7.66. The molecular weight excluding hydrogens is 262 g/mol. The molecule has 1 aromatic heterocycles. The number of aromatic nitrogens is 2. The normalized spacial score (nSPS) is 13.0. The van der Waals surface area contributed by atoms with Crippen molar-refractivity contribution < 1.29 is 4.79 Å². The standard InChI is InChI=1S/C17H21N3O/c1-3-14-10-15(20(4-2)19-14)11-17(21)13-6-5-12-7-8-18-16(12)9-13/h5-6,9-10,18H,3-4,7-8,11H2,1-2H3. The minimum atomic E-state index is 0.156. The summed E-state index contributed by atoms with van der Waals surface area (Å²) >= 11 is 0. The van der Waals surface area contributed by atoms with Crippen LogP contribution in [-0.2, 0) is 25.8 Å². The van der Waals surface area contributed by atoms with E-state index in [1.807, 2.05) is 22.9 Å². The molecular formula is C17H21N3O. The Bertz CT molecular complexity index is 673. The molecule has 0 atom stereocenters. The third-order valence-corrected chi connectivity index (χ3v) is 4.06. The van der Waals surface area contributed by atoms with E-state index in [9.17, 15) is 4.79 Å². The third kappa shape index (κ3) is 2.71. The summed E-state index contributed by atoms with van der Waals surface area (Å²) in [5.74, 6) is 0.156. The highest BCUT2D eigenvalue weighted by molar-refractivity contribution is 5.98. The Balaban J connectivity index is 1.81. The summed E-state index contributed by atoms with van der Waals surface area (Å²) < 4.78 is 1.93. The molecule has 0 saturated carbocycles. The van der Waals surface area contributed by atoms with E-state index in [2.05, 4.69) is 30.3 Å². The molecule has 110 valence electrons. The Morgan fingerprint density at radius 1 is 1.33 bits per heavy atom. The van der Waals surface area contributed by atoms with E-state index >= 15 is 0 Å². The zero-order valence-corrected chi connectivity index (χ0v) is 12.6. The van der Waals surface area contributed by atoms with Crippen LogP contribution in [-0.4, -0.2) is 22.1 Å². The van der Waals surface area contributed by atoms with Gasteiger partial charge in [0.2, 0.25) is 0 Å². The van der Waals surface area contributed by atoms with Crippen molar-refractivity contribution in [3.8, 4) is 0 Å². The molecule has 1 aliphatic rings. The third-order valence-electron chi connectivity index (χ3n) is 4.06. The van der Waals surface area contributed by atoms with Crippen LogP contribution in [0.15, 0.2) is 24.3 Å². The molecule has 0 aliphatic carbocycles. The van der Waals surface area contributed by atoms with Gasteiger partial charge in [-0.25, -0.2) is 0 Å². The van der Waals surface area contributed by atoms with Gasteiger partial charge in [0, 0.05) is 30.0 Å². The zero-order chi connectivity index (χ0) is 14.8. The first-order chi connectivity index (χ1) is 10.2. The maximum atomic E-state index is 12.5. The van der Waals surface area contributed by atoms with Gasteiger partial charge in [-0.15, -0.1) is 0 Å². The first kappa shape index (κ1) is 13.9. The number of anilines is 1. The number of hydrogen-bond acceptors (Lipinski definition) is 3. The van der Waals surface area contributed by atoms with Crippen LogP contribution in [0.2, 0.25) is 0 Å². The molecule has 0 saturated heterocycles. The molecule has 4 heteroatoms. The minimum Gasteiger partial charge on any atom is -0.384 e. The smallest absolute Gasteiger partial charge is 0.168 e. The summed E-state index contributed by atoms with van der Waals surface area (Å²) in [6.07, 6.45) is 2.36. The van der Waals surface area contributed by atoms with Gasteiger partial charge in [0.25, 0.3) is 0 Å². The van der Waals surface area contributed by atoms with Gasteiger partial charge in [-0.1, -0.05) is 19.1 Å². The highest BCUT2D eigenvalue weighted by atomic mass is 16.1. The lowest BCUT2D eigenvalue weighted by atomic mass is 10.0. The van der Waals surface area contributed by atoms with Crippen molar-refractivity contribution in [2.75, 3.05) is 11.9 Å². The molecule has 1 aliphatic heterocycles. The SMILES string of the molecule is CCc1cc(CC(=O)c2ccc3c(c2)NCC3)n(CC)n1. The number of hydrogen-bond donors (Lipinski definition) is 1. The van der Waals surface area contributed by atoms with Crippen LogP contribution in [0.1, 0.15) is 41.2 Å². The summed E-state index contributed by atoms with van der Waals surface area (Å²) in [6, 6.07) is 8.05. The van der Waals surface area contributed by atoms with Crippen molar-refractivity contribution in [1.82, 2.24) is 9.78 Å². The number of Topliss-reactive ketones (excluding diaryl/α,β-unsaturated/α-hetero) is 1. The van der Waals surface area contributed by atoms with Gasteiger partial charge in [0.05, 0.1) is 12.1 Å². The molecule has 0 radical (unpaired) electrons. The van der Waals surface area contributed by atoms with Crippen molar-refractivity contribution in [1.29, 1.82) is 0 Å². The molecule has 3 rings (SSSR count). The fraction of sp³-hybridized carbons (Fsp3) is 0.412. The number of nitrogens with zero attached hydrogens (tertiary/aromatic N) is 2. The Labute approximate surface area is 125 Å². The Morgan fingerprint density at radius 3 is 2.95 bits per heavy atom. The van der Waals surface area contributed by atoms with Crippen molar-refractivity contribution in [3.05, 3.63) is 46.8 Å². The molecule has 4 nitrogen and oxygen atoms in total. The molecule has 2 heterocycles. The fourth-order valence-electron chi connectivity index (χ4n) is 2.83. The maximum absolute atomic E-state index is 12.5. The van der Waals surface area contributed by atoms with Crippen molar-refractivity contribution >= 4 is 11.5 Å². The maximum Gasteiger partial charge on any atom is 0.168 e. The quantitative estimate of drug-likeness (QED) is 0.858. The van der Waals surface area contributed by atoms with E-state index in [0.29, 0.717) is 6.42 Å². The Kier molecular flexibility index (Phi) is 3.78. The molecule has 0 unspecified atom stereocenters. The monoisotopic (exact) mass is 283 g/mol. The molecule has 0 amide bonds. The van der Waals surface area contributed by atoms with Crippen molar-refractivity contribution in [3.63, 3.8) is 0 Å². The van der Waals surface area contributed by atoms with E-state index < -0.39 is 0 Å². The Hall–Kier alpha value is -2.10. The van der Waals surface area contributed by atoms with E-state index in [1.54, 1.807) is 0 Å². The van der Waals surface area contributed by atoms with Crippen LogP contribution in [0.5, 0.6) is 0 Å². The number of ketones is 1. The largest absolute Gasteiger partial charge is 0.384 e. The molecule has 1 N–H and O–H groups in total. The summed E-state index contributed by atoms with van der Waals surface area (Å²) in [4.78, 5) is 12.5. The lowest BCUT2D eigenvalue weighted by Crippen LogP contribution is -2.10. The average molecular weight is 283 g/mol. The van der Waals surface area contributed by atoms with Gasteiger partial charge >= 0.3 is 0 Å². The molecule has 0 spiro atoms. The van der Waals surface area contributed by atoms with Crippen molar-refractivity contribution in [2.24, 2.45) is 0 Å². The van der Waals surface area contributed by atoms with Gasteiger partial charge in [-0.3, -0.25) is 9.48 Å². The molecule has 21 heavy (non-hydrogen) atoms. The summed E-state index contributed by atoms with van der Waals surface area (Å²) in [6.45, 7) is 5.91. The number of nitrogens with one attached hydrogen (secondary N) is 1. The second-order valence-electron chi connectivity index (χ2n) is 5.44. The number of fused-ring (bicyclic) bond motifs is 1. The number of rotatable bonds is 5. The van der Waals surface area contributed by atoms with Crippen LogP contribution >= 0.6 is 0 Å².